The number of nitrogens with one attached hydrogen (secondary N) is 1. The number of hydrogen-bond acceptors (Lipinski definition) is 8. The quantitative estimate of drug-likeness (QED) is 0.612. The molecule has 0 aromatic carbocycles. The molecule has 1 aliphatic carbocycles. The van der Waals surface area contributed by atoms with Gasteiger partial charge in [0.25, 0.3) is 0 Å². The molecule has 0 atom stereocenters. The Morgan fingerprint density at radius 2 is 1.90 bits per heavy atom. The van der Waals surface area contributed by atoms with Gasteiger partial charge >= 0.3 is 0 Å². The maximum atomic E-state index is 11.7. The van der Waals surface area contributed by atoms with E-state index >= 15 is 0 Å². The normalized spacial score (nSPS) is 19.3. The predicted octanol–water partition coefficient (Wildman–Crippen LogP) is 1.46. The summed E-state index contributed by atoms with van der Waals surface area (Å²) in [6.45, 7) is 6.13. The Bertz CT molecular complexity index is 1120. The average Bonchev–Trinajstić information content (AvgIpc) is 3.06. The van der Waals surface area contributed by atoms with E-state index in [1.54, 1.807) is 19.3 Å². The highest BCUT2D eigenvalue weighted by Gasteiger charge is 2.34. The molecule has 11 heteroatoms. The Kier molecular flexibility index (Phi) is 5.17. The first-order valence-corrected chi connectivity index (χ1v) is 11.2. The van der Waals surface area contributed by atoms with Crippen LogP contribution in [0.4, 0.5) is 0 Å². The molecular weight excluding hydrogens is 394 g/mol. The lowest BCUT2D eigenvalue weighted by atomic mass is 9.90. The van der Waals surface area contributed by atoms with Gasteiger partial charge in [-0.25, -0.2) is 33.1 Å². The summed E-state index contributed by atoms with van der Waals surface area (Å²) in [7, 11) is -3.21. The molecule has 0 saturated heterocycles. The van der Waals surface area contributed by atoms with Crippen molar-refractivity contribution in [1.29, 1.82) is 0 Å². The summed E-state index contributed by atoms with van der Waals surface area (Å²) in [6.07, 6.45) is 6.00. The van der Waals surface area contributed by atoms with Crippen LogP contribution in [0.15, 0.2) is 18.7 Å². The summed E-state index contributed by atoms with van der Waals surface area (Å²) in [4.78, 5) is 21.9. The molecule has 1 fully saturated rings. The molecule has 4 rings (SSSR count). The van der Waals surface area contributed by atoms with Crippen LogP contribution in [0.2, 0.25) is 0 Å². The third-order valence-electron chi connectivity index (χ3n) is 4.95. The summed E-state index contributed by atoms with van der Waals surface area (Å²) in [5.41, 5.74) is 2.04. The van der Waals surface area contributed by atoms with Crippen molar-refractivity contribution >= 4 is 21.2 Å². The minimum absolute atomic E-state index is 0.0709. The molecule has 0 radical (unpaired) electrons. The Morgan fingerprint density at radius 1 is 1.17 bits per heavy atom. The highest BCUT2D eigenvalue weighted by Crippen LogP contribution is 2.31. The first-order valence-electron chi connectivity index (χ1n) is 9.57. The van der Waals surface area contributed by atoms with Gasteiger partial charge in [-0.2, -0.15) is 4.98 Å². The van der Waals surface area contributed by atoms with Crippen molar-refractivity contribution in [3.8, 4) is 17.3 Å². The summed E-state index contributed by atoms with van der Waals surface area (Å²) in [5, 5.41) is 0. The SMILES string of the molecule is CCn1c(-c2cnc(C)nc2)nc2c(OC3CC(NS(=O)(=O)CC)C3)ncnc21. The molecule has 0 aliphatic heterocycles. The monoisotopic (exact) mass is 417 g/mol. The van der Waals surface area contributed by atoms with E-state index in [0.717, 1.165) is 5.56 Å². The minimum atomic E-state index is -3.21. The van der Waals surface area contributed by atoms with Gasteiger partial charge in [-0.05, 0) is 20.8 Å². The van der Waals surface area contributed by atoms with Crippen molar-refractivity contribution < 1.29 is 13.2 Å². The second-order valence-electron chi connectivity index (χ2n) is 6.98. The van der Waals surface area contributed by atoms with Crippen LogP contribution < -0.4 is 9.46 Å². The van der Waals surface area contributed by atoms with Crippen LogP contribution in [0, 0.1) is 6.92 Å². The van der Waals surface area contributed by atoms with Gasteiger partial charge in [0.05, 0.1) is 11.3 Å². The van der Waals surface area contributed by atoms with E-state index in [-0.39, 0.29) is 17.9 Å². The molecule has 3 aromatic heterocycles. The van der Waals surface area contributed by atoms with Gasteiger partial charge < -0.3 is 9.30 Å². The average molecular weight is 417 g/mol. The number of fused-ring (bicyclic) bond motifs is 1. The second kappa shape index (κ2) is 7.64. The fraction of sp³-hybridized carbons (Fsp3) is 0.500. The van der Waals surface area contributed by atoms with Crippen LogP contribution in [-0.4, -0.2) is 55.8 Å². The van der Waals surface area contributed by atoms with Gasteiger partial charge in [-0.1, -0.05) is 0 Å². The topological polar surface area (TPSA) is 125 Å². The van der Waals surface area contributed by atoms with Crippen LogP contribution in [-0.2, 0) is 16.6 Å². The molecule has 3 aromatic rings. The van der Waals surface area contributed by atoms with Crippen molar-refractivity contribution in [2.75, 3.05) is 5.75 Å². The van der Waals surface area contributed by atoms with Crippen molar-refractivity contribution in [3.63, 3.8) is 0 Å². The zero-order valence-corrected chi connectivity index (χ0v) is 17.3. The van der Waals surface area contributed by atoms with Crippen LogP contribution in [0.1, 0.15) is 32.5 Å². The minimum Gasteiger partial charge on any atom is -0.473 e. The summed E-state index contributed by atoms with van der Waals surface area (Å²) >= 11 is 0. The zero-order chi connectivity index (χ0) is 20.6. The van der Waals surface area contributed by atoms with E-state index in [1.165, 1.54) is 6.33 Å². The predicted molar refractivity (Wildman–Crippen MR) is 107 cm³/mol. The Hall–Kier alpha value is -2.66. The standard InChI is InChI=1S/C18H23N7O3S/c1-4-25-16(12-8-19-11(3)20-9-12)23-15-17(25)21-10-22-18(15)28-14-6-13(7-14)24-29(26,27)5-2/h8-10,13-14,24H,4-7H2,1-3H3. The number of rotatable bonds is 7. The van der Waals surface area contributed by atoms with Crippen molar-refractivity contribution in [3.05, 3.63) is 24.5 Å². The molecule has 1 aliphatic rings. The van der Waals surface area contributed by atoms with E-state index in [4.69, 9.17) is 9.72 Å². The summed E-state index contributed by atoms with van der Waals surface area (Å²) in [5.74, 6) is 1.87. The Morgan fingerprint density at radius 3 is 2.55 bits per heavy atom. The molecule has 3 heterocycles. The fourth-order valence-corrected chi connectivity index (χ4v) is 4.15. The van der Waals surface area contributed by atoms with Crippen molar-refractivity contribution in [2.45, 2.75) is 52.3 Å². The van der Waals surface area contributed by atoms with Crippen LogP contribution in [0.3, 0.4) is 0 Å². The van der Waals surface area contributed by atoms with E-state index in [0.29, 0.717) is 48.1 Å². The summed E-state index contributed by atoms with van der Waals surface area (Å²) in [6, 6.07) is -0.101. The smallest absolute Gasteiger partial charge is 0.245 e. The number of aryl methyl sites for hydroxylation is 2. The molecule has 1 N–H and O–H groups in total. The molecule has 29 heavy (non-hydrogen) atoms. The van der Waals surface area contributed by atoms with E-state index in [1.807, 2.05) is 18.4 Å². The lowest BCUT2D eigenvalue weighted by molar-refractivity contribution is 0.0911. The van der Waals surface area contributed by atoms with Crippen LogP contribution in [0.25, 0.3) is 22.6 Å². The first kappa shape index (κ1) is 19.6. The number of hydrogen-bond donors (Lipinski definition) is 1. The van der Waals surface area contributed by atoms with Gasteiger partial charge in [-0.15, -0.1) is 0 Å². The van der Waals surface area contributed by atoms with Gasteiger partial charge in [-0.3, -0.25) is 0 Å². The van der Waals surface area contributed by atoms with Crippen molar-refractivity contribution in [1.82, 2.24) is 34.2 Å². The molecule has 0 spiro atoms. The van der Waals surface area contributed by atoms with Gasteiger partial charge in [0, 0.05) is 37.8 Å². The van der Waals surface area contributed by atoms with E-state index in [2.05, 4.69) is 24.7 Å². The number of aromatic nitrogens is 6. The lowest BCUT2D eigenvalue weighted by Crippen LogP contribution is -2.49. The van der Waals surface area contributed by atoms with Gasteiger partial charge in [0.1, 0.15) is 24.1 Å². The van der Waals surface area contributed by atoms with Crippen molar-refractivity contribution in [2.24, 2.45) is 0 Å². The third kappa shape index (κ3) is 3.92. The number of ether oxygens (including phenoxy) is 1. The molecule has 10 nitrogen and oxygen atoms in total. The fourth-order valence-electron chi connectivity index (χ4n) is 3.28. The van der Waals surface area contributed by atoms with Crippen LogP contribution >= 0.6 is 0 Å². The second-order valence-corrected chi connectivity index (χ2v) is 9.02. The first-order chi connectivity index (χ1) is 13.9. The molecule has 0 amide bonds. The number of sulfonamides is 1. The molecule has 0 bridgehead atoms. The maximum absolute atomic E-state index is 11.7. The number of nitrogens with zero attached hydrogens (tertiary/aromatic N) is 6. The van der Waals surface area contributed by atoms with Gasteiger partial charge in [0.15, 0.2) is 11.2 Å². The van der Waals surface area contributed by atoms with E-state index in [9.17, 15) is 8.42 Å². The Labute approximate surface area is 168 Å². The zero-order valence-electron chi connectivity index (χ0n) is 16.5. The third-order valence-corrected chi connectivity index (χ3v) is 6.41. The number of imidazole rings is 1. The summed E-state index contributed by atoms with van der Waals surface area (Å²) < 4.78 is 34.0. The highest BCUT2D eigenvalue weighted by atomic mass is 32.2. The van der Waals surface area contributed by atoms with Crippen LogP contribution in [0.5, 0.6) is 5.88 Å². The lowest BCUT2D eigenvalue weighted by Gasteiger charge is -2.35. The molecule has 0 unspecified atom stereocenters. The van der Waals surface area contributed by atoms with Gasteiger partial charge in [0.2, 0.25) is 15.9 Å². The highest BCUT2D eigenvalue weighted by molar-refractivity contribution is 7.89. The largest absolute Gasteiger partial charge is 0.473 e. The Balaban J connectivity index is 1.58. The molecule has 1 saturated carbocycles. The molecule has 154 valence electrons. The maximum Gasteiger partial charge on any atom is 0.245 e. The van der Waals surface area contributed by atoms with E-state index < -0.39 is 10.0 Å². The molecular formula is C18H23N7O3S.